The van der Waals surface area contributed by atoms with Gasteiger partial charge >= 0.3 is 0 Å². The summed E-state index contributed by atoms with van der Waals surface area (Å²) in [5.41, 5.74) is 5.22. The molecule has 17 heavy (non-hydrogen) atoms. The Hall–Kier alpha value is -2.17. The third kappa shape index (κ3) is 2.50. The molecule has 2 N–H and O–H groups in total. The van der Waals surface area contributed by atoms with Gasteiger partial charge in [-0.25, -0.2) is 13.2 Å². The van der Waals surface area contributed by atoms with Crippen molar-refractivity contribution in [1.82, 2.24) is 0 Å². The zero-order valence-electron chi connectivity index (χ0n) is 8.58. The molecule has 0 fully saturated rings. The quantitative estimate of drug-likeness (QED) is 0.814. The van der Waals surface area contributed by atoms with Crippen molar-refractivity contribution in [2.45, 2.75) is 0 Å². The van der Waals surface area contributed by atoms with E-state index in [2.05, 4.69) is 0 Å². The Balaban J connectivity index is 2.33. The fourth-order valence-electron chi connectivity index (χ4n) is 1.30. The van der Waals surface area contributed by atoms with Crippen LogP contribution in [-0.2, 0) is 0 Å². The van der Waals surface area contributed by atoms with Gasteiger partial charge in [-0.2, -0.15) is 0 Å². The van der Waals surface area contributed by atoms with Gasteiger partial charge in [0.05, 0.1) is 0 Å². The SMILES string of the molecule is Nc1cc(F)c(Oc2ccc(F)cc2)c(F)c1. The van der Waals surface area contributed by atoms with E-state index in [-0.39, 0.29) is 11.4 Å². The lowest BCUT2D eigenvalue weighted by Crippen LogP contribution is -1.95. The van der Waals surface area contributed by atoms with E-state index in [0.29, 0.717) is 0 Å². The number of anilines is 1. The molecule has 2 aromatic rings. The van der Waals surface area contributed by atoms with E-state index in [1.165, 1.54) is 12.1 Å². The van der Waals surface area contributed by atoms with Gasteiger partial charge in [0, 0.05) is 17.8 Å². The highest BCUT2D eigenvalue weighted by Crippen LogP contribution is 2.29. The van der Waals surface area contributed by atoms with Gasteiger partial charge in [0.1, 0.15) is 11.6 Å². The van der Waals surface area contributed by atoms with Crippen molar-refractivity contribution in [2.24, 2.45) is 0 Å². The Morgan fingerprint density at radius 1 is 0.882 bits per heavy atom. The molecule has 2 nitrogen and oxygen atoms in total. The molecule has 5 heteroatoms. The van der Waals surface area contributed by atoms with Crippen molar-refractivity contribution < 1.29 is 17.9 Å². The van der Waals surface area contributed by atoms with Crippen LogP contribution in [0.5, 0.6) is 11.5 Å². The summed E-state index contributed by atoms with van der Waals surface area (Å²) < 4.78 is 44.3. The van der Waals surface area contributed by atoms with Crippen LogP contribution in [0.1, 0.15) is 0 Å². The second-order valence-corrected chi connectivity index (χ2v) is 3.37. The fraction of sp³-hybridized carbons (Fsp3) is 0. The molecule has 0 bridgehead atoms. The van der Waals surface area contributed by atoms with Crippen LogP contribution in [0.15, 0.2) is 36.4 Å². The first-order valence-electron chi connectivity index (χ1n) is 4.74. The van der Waals surface area contributed by atoms with Crippen LogP contribution < -0.4 is 10.5 Å². The Kier molecular flexibility index (Phi) is 2.91. The minimum Gasteiger partial charge on any atom is -0.451 e. The summed E-state index contributed by atoms with van der Waals surface area (Å²) in [5, 5.41) is 0. The minimum absolute atomic E-state index is 0.0357. The zero-order chi connectivity index (χ0) is 12.4. The van der Waals surface area contributed by atoms with Gasteiger partial charge < -0.3 is 10.5 Å². The van der Waals surface area contributed by atoms with Crippen molar-refractivity contribution in [3.63, 3.8) is 0 Å². The van der Waals surface area contributed by atoms with Gasteiger partial charge in [-0.15, -0.1) is 0 Å². The third-order valence-electron chi connectivity index (χ3n) is 2.05. The zero-order valence-corrected chi connectivity index (χ0v) is 8.58. The molecular weight excluding hydrogens is 231 g/mol. The highest BCUT2D eigenvalue weighted by Gasteiger charge is 2.12. The van der Waals surface area contributed by atoms with Crippen LogP contribution in [0, 0.1) is 17.5 Å². The van der Waals surface area contributed by atoms with Crippen molar-refractivity contribution in [3.8, 4) is 11.5 Å². The molecule has 0 saturated heterocycles. The van der Waals surface area contributed by atoms with E-state index < -0.39 is 23.2 Å². The number of nitrogens with two attached hydrogens (primary N) is 1. The van der Waals surface area contributed by atoms with Gasteiger partial charge in [-0.1, -0.05) is 0 Å². The molecule has 0 saturated carbocycles. The number of benzene rings is 2. The molecule has 0 amide bonds. The molecule has 0 aliphatic carbocycles. The van der Waals surface area contributed by atoms with Crippen LogP contribution in [0.3, 0.4) is 0 Å². The summed E-state index contributed by atoms with van der Waals surface area (Å²) in [6.45, 7) is 0. The lowest BCUT2D eigenvalue weighted by atomic mass is 10.2. The minimum atomic E-state index is -0.910. The molecule has 0 aliphatic rings. The van der Waals surface area contributed by atoms with E-state index >= 15 is 0 Å². The maximum atomic E-state index is 13.4. The molecular formula is C12H8F3NO. The summed E-state index contributed by atoms with van der Waals surface area (Å²) in [6, 6.07) is 6.68. The monoisotopic (exact) mass is 239 g/mol. The maximum Gasteiger partial charge on any atom is 0.198 e. The van der Waals surface area contributed by atoms with Crippen molar-refractivity contribution >= 4 is 5.69 Å². The molecule has 0 atom stereocenters. The van der Waals surface area contributed by atoms with Gasteiger partial charge in [-0.05, 0) is 24.3 Å². The van der Waals surface area contributed by atoms with Crippen LogP contribution in [0.25, 0.3) is 0 Å². The predicted octanol–water partition coefficient (Wildman–Crippen LogP) is 3.48. The lowest BCUT2D eigenvalue weighted by molar-refractivity contribution is 0.407. The van der Waals surface area contributed by atoms with E-state index in [1.807, 2.05) is 0 Å². The van der Waals surface area contributed by atoms with Crippen molar-refractivity contribution in [2.75, 3.05) is 5.73 Å². The van der Waals surface area contributed by atoms with E-state index in [1.54, 1.807) is 0 Å². The van der Waals surface area contributed by atoms with Crippen LogP contribution in [0.2, 0.25) is 0 Å². The van der Waals surface area contributed by atoms with Crippen LogP contribution in [-0.4, -0.2) is 0 Å². The van der Waals surface area contributed by atoms with Crippen molar-refractivity contribution in [1.29, 1.82) is 0 Å². The standard InChI is InChI=1S/C12H8F3NO/c13-7-1-3-9(4-2-7)17-12-10(14)5-8(16)6-11(12)15/h1-6H,16H2. The highest BCUT2D eigenvalue weighted by atomic mass is 19.1. The molecule has 0 heterocycles. The highest BCUT2D eigenvalue weighted by molar-refractivity contribution is 5.45. The number of ether oxygens (including phenoxy) is 1. The number of halogens is 3. The van der Waals surface area contributed by atoms with Gasteiger partial charge in [0.15, 0.2) is 17.4 Å². The summed E-state index contributed by atoms with van der Waals surface area (Å²) in [4.78, 5) is 0. The predicted molar refractivity (Wildman–Crippen MR) is 57.2 cm³/mol. The molecule has 0 aromatic heterocycles. The average Bonchev–Trinajstić information content (AvgIpc) is 2.26. The van der Waals surface area contributed by atoms with E-state index in [4.69, 9.17) is 10.5 Å². The van der Waals surface area contributed by atoms with Crippen molar-refractivity contribution in [3.05, 3.63) is 53.8 Å². The van der Waals surface area contributed by atoms with Gasteiger partial charge in [0.2, 0.25) is 0 Å². The molecule has 2 rings (SSSR count). The average molecular weight is 239 g/mol. The summed E-state index contributed by atoms with van der Waals surface area (Å²) in [5.74, 6) is -2.71. The number of nitrogen functional groups attached to an aromatic ring is 1. The molecule has 0 aliphatic heterocycles. The van der Waals surface area contributed by atoms with Crippen LogP contribution >= 0.6 is 0 Å². The third-order valence-corrected chi connectivity index (χ3v) is 2.05. The topological polar surface area (TPSA) is 35.2 Å². The second-order valence-electron chi connectivity index (χ2n) is 3.37. The largest absolute Gasteiger partial charge is 0.451 e. The molecule has 0 unspecified atom stereocenters. The molecule has 2 aromatic carbocycles. The fourth-order valence-corrected chi connectivity index (χ4v) is 1.30. The van der Waals surface area contributed by atoms with E-state index in [9.17, 15) is 13.2 Å². The summed E-state index contributed by atoms with van der Waals surface area (Å²) in [7, 11) is 0. The molecule has 88 valence electrons. The maximum absolute atomic E-state index is 13.4. The Labute approximate surface area is 95.4 Å². The first-order chi connectivity index (χ1) is 8.06. The number of hydrogen-bond donors (Lipinski definition) is 1. The molecule has 0 radical (unpaired) electrons. The van der Waals surface area contributed by atoms with Crippen LogP contribution in [0.4, 0.5) is 18.9 Å². The van der Waals surface area contributed by atoms with E-state index in [0.717, 1.165) is 24.3 Å². The smallest absolute Gasteiger partial charge is 0.198 e. The first kappa shape index (κ1) is 11.3. The Morgan fingerprint density at radius 3 is 1.94 bits per heavy atom. The first-order valence-corrected chi connectivity index (χ1v) is 4.74. The number of rotatable bonds is 2. The lowest BCUT2D eigenvalue weighted by Gasteiger charge is -2.08. The number of hydrogen-bond acceptors (Lipinski definition) is 2. The van der Waals surface area contributed by atoms with Gasteiger partial charge in [0.25, 0.3) is 0 Å². The Bertz CT molecular complexity index is 517. The second kappa shape index (κ2) is 4.37. The Morgan fingerprint density at radius 2 is 1.41 bits per heavy atom. The normalized spacial score (nSPS) is 10.3. The summed E-state index contributed by atoms with van der Waals surface area (Å²) >= 11 is 0. The molecule has 0 spiro atoms. The summed E-state index contributed by atoms with van der Waals surface area (Å²) in [6.07, 6.45) is 0. The van der Waals surface area contributed by atoms with Gasteiger partial charge in [-0.3, -0.25) is 0 Å².